The fourth-order valence-electron chi connectivity index (χ4n) is 4.56. The Hall–Kier alpha value is -1.83. The number of piperazine rings is 1. The lowest BCUT2D eigenvalue weighted by Crippen LogP contribution is -3.27. The van der Waals surface area contributed by atoms with Crippen LogP contribution in [0, 0.1) is 0 Å². The SMILES string of the molecule is CC[C@@H](c1nnnn1C[C@@H]1CCCO1)[NH+]1CC[NH+](Cc2ccccc2)CC1. The van der Waals surface area contributed by atoms with Crippen molar-refractivity contribution in [2.75, 3.05) is 32.8 Å². The lowest BCUT2D eigenvalue weighted by atomic mass is 10.1. The summed E-state index contributed by atoms with van der Waals surface area (Å²) >= 11 is 0. The van der Waals surface area contributed by atoms with Gasteiger partial charge in [0.15, 0.2) is 0 Å². The van der Waals surface area contributed by atoms with Gasteiger partial charge in [-0.15, -0.1) is 5.10 Å². The van der Waals surface area contributed by atoms with Crippen molar-refractivity contribution in [3.8, 4) is 0 Å². The molecule has 0 bridgehead atoms. The van der Waals surface area contributed by atoms with E-state index in [-0.39, 0.29) is 6.10 Å². The summed E-state index contributed by atoms with van der Waals surface area (Å²) in [6.45, 7) is 9.80. The highest BCUT2D eigenvalue weighted by Crippen LogP contribution is 2.16. The molecule has 1 aromatic heterocycles. The van der Waals surface area contributed by atoms with Crippen LogP contribution in [0.25, 0.3) is 0 Å². The molecule has 2 saturated heterocycles. The molecule has 27 heavy (non-hydrogen) atoms. The Morgan fingerprint density at radius 2 is 2.00 bits per heavy atom. The standard InChI is InChI=1S/C20H30N6O/c1-2-19(20-21-22-23-26(20)16-18-9-6-14-27-18)25-12-10-24(11-13-25)15-17-7-4-3-5-8-17/h3-5,7-8,18-19H,2,6,9-16H2,1H3/p+2/t18-,19-/m0/s1. The van der Waals surface area contributed by atoms with Gasteiger partial charge in [-0.3, -0.25) is 0 Å². The fourth-order valence-corrected chi connectivity index (χ4v) is 4.56. The van der Waals surface area contributed by atoms with E-state index in [4.69, 9.17) is 4.74 Å². The molecular formula is C20H32N6O+2. The van der Waals surface area contributed by atoms with E-state index < -0.39 is 0 Å². The highest BCUT2D eigenvalue weighted by atomic mass is 16.5. The van der Waals surface area contributed by atoms with Gasteiger partial charge in [-0.05, 0) is 23.3 Å². The molecule has 7 nitrogen and oxygen atoms in total. The number of aromatic nitrogens is 4. The lowest BCUT2D eigenvalue weighted by molar-refractivity contribution is -1.03. The monoisotopic (exact) mass is 372 g/mol. The van der Waals surface area contributed by atoms with Crippen LogP contribution in [0.2, 0.25) is 0 Å². The number of tetrazole rings is 1. The van der Waals surface area contributed by atoms with Crippen LogP contribution in [-0.4, -0.2) is 59.1 Å². The Balaban J connectivity index is 1.36. The second kappa shape index (κ2) is 8.91. The zero-order valence-corrected chi connectivity index (χ0v) is 16.3. The molecule has 7 heteroatoms. The summed E-state index contributed by atoms with van der Waals surface area (Å²) in [5.74, 6) is 1.04. The van der Waals surface area contributed by atoms with Gasteiger partial charge in [0, 0.05) is 18.6 Å². The van der Waals surface area contributed by atoms with Gasteiger partial charge in [0.2, 0.25) is 5.82 Å². The van der Waals surface area contributed by atoms with Crippen LogP contribution in [0.4, 0.5) is 0 Å². The van der Waals surface area contributed by atoms with Gasteiger partial charge >= 0.3 is 0 Å². The molecular weight excluding hydrogens is 340 g/mol. The molecule has 2 aliphatic rings. The summed E-state index contributed by atoms with van der Waals surface area (Å²) < 4.78 is 7.78. The van der Waals surface area contributed by atoms with Crippen LogP contribution in [-0.2, 0) is 17.8 Å². The molecule has 2 aromatic rings. The number of hydrogen-bond donors (Lipinski definition) is 2. The van der Waals surface area contributed by atoms with Gasteiger partial charge in [0.25, 0.3) is 0 Å². The minimum atomic E-state index is 0.270. The van der Waals surface area contributed by atoms with Crippen molar-refractivity contribution in [3.63, 3.8) is 0 Å². The Labute approximate surface area is 161 Å². The molecule has 3 heterocycles. The predicted molar refractivity (Wildman–Crippen MR) is 101 cm³/mol. The van der Waals surface area contributed by atoms with E-state index in [0.717, 1.165) is 44.8 Å². The predicted octanol–water partition coefficient (Wildman–Crippen LogP) is -0.713. The number of benzene rings is 1. The van der Waals surface area contributed by atoms with E-state index in [1.54, 1.807) is 9.80 Å². The molecule has 2 aliphatic heterocycles. The smallest absolute Gasteiger partial charge is 0.209 e. The number of ether oxygens (including phenoxy) is 1. The number of nitrogens with zero attached hydrogens (tertiary/aromatic N) is 4. The van der Waals surface area contributed by atoms with E-state index in [1.807, 2.05) is 4.68 Å². The molecule has 0 spiro atoms. The van der Waals surface area contributed by atoms with E-state index in [2.05, 4.69) is 52.8 Å². The van der Waals surface area contributed by atoms with Gasteiger partial charge in [-0.2, -0.15) is 0 Å². The zero-order chi connectivity index (χ0) is 18.5. The second-order valence-electron chi connectivity index (χ2n) is 7.89. The summed E-state index contributed by atoms with van der Waals surface area (Å²) in [7, 11) is 0. The third-order valence-corrected chi connectivity index (χ3v) is 6.07. The van der Waals surface area contributed by atoms with Crippen molar-refractivity contribution in [2.24, 2.45) is 0 Å². The summed E-state index contributed by atoms with van der Waals surface area (Å²) in [4.78, 5) is 3.30. The van der Waals surface area contributed by atoms with Gasteiger partial charge in [-0.25, -0.2) is 4.68 Å². The highest BCUT2D eigenvalue weighted by molar-refractivity contribution is 5.13. The Morgan fingerprint density at radius 3 is 2.70 bits per heavy atom. The normalized spacial score (nSPS) is 26.9. The minimum Gasteiger partial charge on any atom is -0.376 e. The first-order valence-electron chi connectivity index (χ1n) is 10.4. The van der Waals surface area contributed by atoms with Crippen molar-refractivity contribution >= 4 is 0 Å². The van der Waals surface area contributed by atoms with E-state index >= 15 is 0 Å². The Morgan fingerprint density at radius 1 is 1.19 bits per heavy atom. The molecule has 0 amide bonds. The summed E-state index contributed by atoms with van der Waals surface area (Å²) in [5, 5.41) is 12.7. The topological polar surface area (TPSA) is 61.7 Å². The van der Waals surface area contributed by atoms with Crippen molar-refractivity contribution in [3.05, 3.63) is 41.7 Å². The van der Waals surface area contributed by atoms with Crippen molar-refractivity contribution in [1.82, 2.24) is 20.2 Å². The second-order valence-corrected chi connectivity index (χ2v) is 7.89. The van der Waals surface area contributed by atoms with Gasteiger partial charge in [0.05, 0.1) is 12.6 Å². The van der Waals surface area contributed by atoms with Crippen molar-refractivity contribution < 1.29 is 14.5 Å². The number of nitrogens with one attached hydrogen (secondary N) is 2. The number of rotatable bonds is 7. The maximum absolute atomic E-state index is 5.78. The quantitative estimate of drug-likeness (QED) is 0.674. The molecule has 0 saturated carbocycles. The molecule has 2 atom stereocenters. The Bertz CT molecular complexity index is 692. The largest absolute Gasteiger partial charge is 0.376 e. The first-order chi connectivity index (χ1) is 13.3. The summed E-state index contributed by atoms with van der Waals surface area (Å²) in [5.41, 5.74) is 1.43. The highest BCUT2D eigenvalue weighted by Gasteiger charge is 2.33. The molecule has 0 aliphatic carbocycles. The third-order valence-electron chi connectivity index (χ3n) is 6.07. The van der Waals surface area contributed by atoms with Crippen LogP contribution < -0.4 is 9.80 Å². The summed E-state index contributed by atoms with van der Waals surface area (Å²) in [6, 6.07) is 11.2. The molecule has 2 fully saturated rings. The molecule has 2 N–H and O–H groups in total. The lowest BCUT2D eigenvalue weighted by Gasteiger charge is -2.33. The average Bonchev–Trinajstić information content (AvgIpc) is 3.38. The van der Waals surface area contributed by atoms with E-state index in [1.165, 1.54) is 31.7 Å². The number of hydrogen-bond acceptors (Lipinski definition) is 4. The molecule has 4 rings (SSSR count). The van der Waals surface area contributed by atoms with Crippen molar-refractivity contribution in [2.45, 2.75) is 51.4 Å². The Kier molecular flexibility index (Phi) is 6.11. The minimum absolute atomic E-state index is 0.270. The van der Waals surface area contributed by atoms with Crippen molar-refractivity contribution in [1.29, 1.82) is 0 Å². The van der Waals surface area contributed by atoms with Crippen LogP contribution in [0.3, 0.4) is 0 Å². The first kappa shape index (κ1) is 18.5. The third kappa shape index (κ3) is 4.54. The fraction of sp³-hybridized carbons (Fsp3) is 0.650. The molecule has 1 aromatic carbocycles. The summed E-state index contributed by atoms with van der Waals surface area (Å²) in [6.07, 6.45) is 3.60. The van der Waals surface area contributed by atoms with E-state index in [9.17, 15) is 0 Å². The van der Waals surface area contributed by atoms with Crippen LogP contribution in [0.1, 0.15) is 43.6 Å². The van der Waals surface area contributed by atoms with Gasteiger partial charge in [0.1, 0.15) is 38.8 Å². The van der Waals surface area contributed by atoms with Gasteiger partial charge in [-0.1, -0.05) is 37.3 Å². The van der Waals surface area contributed by atoms with Crippen LogP contribution in [0.5, 0.6) is 0 Å². The van der Waals surface area contributed by atoms with Gasteiger partial charge < -0.3 is 14.5 Å². The maximum Gasteiger partial charge on any atom is 0.209 e. The maximum atomic E-state index is 5.78. The molecule has 0 radical (unpaired) electrons. The molecule has 146 valence electrons. The molecule has 0 unspecified atom stereocenters. The zero-order valence-electron chi connectivity index (χ0n) is 16.3. The average molecular weight is 373 g/mol. The van der Waals surface area contributed by atoms with Crippen LogP contribution >= 0.6 is 0 Å². The van der Waals surface area contributed by atoms with E-state index in [0.29, 0.717) is 6.04 Å². The number of quaternary nitrogens is 2. The first-order valence-corrected chi connectivity index (χ1v) is 10.4. The van der Waals surface area contributed by atoms with Crippen LogP contribution in [0.15, 0.2) is 30.3 Å².